The van der Waals surface area contributed by atoms with Gasteiger partial charge in [-0.2, -0.15) is 0 Å². The van der Waals surface area contributed by atoms with E-state index < -0.39 is 0 Å². The molecule has 2 heterocycles. The summed E-state index contributed by atoms with van der Waals surface area (Å²) in [5.74, 6) is 1.56. The molecule has 0 spiro atoms. The van der Waals surface area contributed by atoms with Crippen molar-refractivity contribution >= 4 is 28.9 Å². The van der Waals surface area contributed by atoms with Crippen LogP contribution in [-0.2, 0) is 11.3 Å². The first-order valence-electron chi connectivity index (χ1n) is 9.92. The Kier molecular flexibility index (Phi) is 8.61. The highest BCUT2D eigenvalue weighted by atomic mass is 35.5. The van der Waals surface area contributed by atoms with Gasteiger partial charge in [-0.15, -0.1) is 11.3 Å². The lowest BCUT2D eigenvalue weighted by molar-refractivity contribution is 0.0177. The molecule has 0 amide bonds. The molecule has 0 saturated carbocycles. The maximum absolute atomic E-state index is 6.10. The normalized spacial score (nSPS) is 16.4. The van der Waals surface area contributed by atoms with Gasteiger partial charge in [0.25, 0.3) is 0 Å². The zero-order valence-electron chi connectivity index (χ0n) is 17.0. The second kappa shape index (κ2) is 11.4. The van der Waals surface area contributed by atoms with Crippen molar-refractivity contribution in [2.45, 2.75) is 19.5 Å². The molecule has 29 heavy (non-hydrogen) atoms. The summed E-state index contributed by atoms with van der Waals surface area (Å²) in [7, 11) is 1.79. The Balaban J connectivity index is 1.60. The van der Waals surface area contributed by atoms with Crippen LogP contribution in [0.1, 0.15) is 23.4 Å². The van der Waals surface area contributed by atoms with Crippen molar-refractivity contribution < 1.29 is 9.47 Å². The molecule has 158 valence electrons. The molecule has 1 aromatic heterocycles. The summed E-state index contributed by atoms with van der Waals surface area (Å²) in [4.78, 5) is 8.21. The van der Waals surface area contributed by atoms with Gasteiger partial charge in [-0.3, -0.25) is 9.89 Å². The van der Waals surface area contributed by atoms with E-state index in [1.807, 2.05) is 25.1 Å². The van der Waals surface area contributed by atoms with E-state index in [0.29, 0.717) is 24.2 Å². The average molecular weight is 437 g/mol. The van der Waals surface area contributed by atoms with Crippen LogP contribution >= 0.6 is 22.9 Å². The molecule has 2 N–H and O–H groups in total. The third-order valence-electron chi connectivity index (χ3n) is 4.82. The molecule has 1 aliphatic heterocycles. The smallest absolute Gasteiger partial charge is 0.191 e. The minimum absolute atomic E-state index is 0.298. The highest BCUT2D eigenvalue weighted by molar-refractivity contribution is 7.10. The highest BCUT2D eigenvalue weighted by Crippen LogP contribution is 2.26. The number of nitrogens with zero attached hydrogens (tertiary/aromatic N) is 2. The lowest BCUT2D eigenvalue weighted by atomic mass is 10.2. The van der Waals surface area contributed by atoms with Gasteiger partial charge in [-0.25, -0.2) is 0 Å². The SMILES string of the molecule is CCOc1cc(Cl)ccc1CNC(=NC)NCC(c1cccs1)N1CCOCC1. The van der Waals surface area contributed by atoms with Gasteiger partial charge in [0.15, 0.2) is 5.96 Å². The van der Waals surface area contributed by atoms with E-state index in [-0.39, 0.29) is 0 Å². The van der Waals surface area contributed by atoms with E-state index >= 15 is 0 Å². The van der Waals surface area contributed by atoms with Crippen LogP contribution < -0.4 is 15.4 Å². The van der Waals surface area contributed by atoms with Crippen molar-refractivity contribution in [2.24, 2.45) is 4.99 Å². The third kappa shape index (κ3) is 6.34. The van der Waals surface area contributed by atoms with Crippen LogP contribution in [-0.4, -0.2) is 57.4 Å². The molecule has 1 unspecified atom stereocenters. The fourth-order valence-corrected chi connectivity index (χ4v) is 4.36. The molecule has 1 atom stereocenters. The largest absolute Gasteiger partial charge is 0.493 e. The van der Waals surface area contributed by atoms with Gasteiger partial charge in [-0.05, 0) is 30.5 Å². The number of hydrogen-bond acceptors (Lipinski definition) is 5. The number of thiophene rings is 1. The van der Waals surface area contributed by atoms with E-state index in [9.17, 15) is 0 Å². The monoisotopic (exact) mass is 436 g/mol. The molecule has 0 bridgehead atoms. The molecule has 2 aromatic rings. The van der Waals surface area contributed by atoms with Gasteiger partial charge < -0.3 is 20.1 Å². The van der Waals surface area contributed by atoms with Crippen LogP contribution in [0.3, 0.4) is 0 Å². The molecule has 8 heteroatoms. The molecule has 1 saturated heterocycles. The lowest BCUT2D eigenvalue weighted by Crippen LogP contribution is -2.46. The Morgan fingerprint density at radius 3 is 2.83 bits per heavy atom. The van der Waals surface area contributed by atoms with Crippen molar-refractivity contribution in [3.05, 3.63) is 51.2 Å². The second-order valence-corrected chi connectivity index (χ2v) is 8.09. The van der Waals surface area contributed by atoms with Crippen molar-refractivity contribution in [1.29, 1.82) is 0 Å². The number of nitrogens with one attached hydrogen (secondary N) is 2. The van der Waals surface area contributed by atoms with Gasteiger partial charge in [0.05, 0.1) is 25.9 Å². The minimum atomic E-state index is 0.298. The number of morpholine rings is 1. The van der Waals surface area contributed by atoms with Crippen molar-refractivity contribution in [3.63, 3.8) is 0 Å². The van der Waals surface area contributed by atoms with E-state index in [2.05, 4.69) is 38.0 Å². The lowest BCUT2D eigenvalue weighted by Gasteiger charge is -2.34. The van der Waals surface area contributed by atoms with Crippen LogP contribution in [0.25, 0.3) is 0 Å². The summed E-state index contributed by atoms with van der Waals surface area (Å²) < 4.78 is 11.2. The van der Waals surface area contributed by atoms with Crippen LogP contribution in [0, 0.1) is 0 Å². The molecule has 3 rings (SSSR count). The van der Waals surface area contributed by atoms with Gasteiger partial charge >= 0.3 is 0 Å². The topological polar surface area (TPSA) is 58.1 Å². The van der Waals surface area contributed by atoms with Crippen LogP contribution in [0.2, 0.25) is 5.02 Å². The molecular formula is C21H29ClN4O2S. The quantitative estimate of drug-likeness (QED) is 0.489. The fraction of sp³-hybridized carbons (Fsp3) is 0.476. The zero-order valence-corrected chi connectivity index (χ0v) is 18.6. The Hall–Kier alpha value is -1.80. The molecule has 6 nitrogen and oxygen atoms in total. The van der Waals surface area contributed by atoms with Gasteiger partial charge in [0.2, 0.25) is 0 Å². The zero-order chi connectivity index (χ0) is 20.5. The van der Waals surface area contributed by atoms with E-state index in [1.54, 1.807) is 18.4 Å². The summed E-state index contributed by atoms with van der Waals surface area (Å²) in [6.07, 6.45) is 0. The predicted molar refractivity (Wildman–Crippen MR) is 120 cm³/mol. The van der Waals surface area contributed by atoms with E-state index in [1.165, 1.54) is 4.88 Å². The molecular weight excluding hydrogens is 408 g/mol. The number of guanidine groups is 1. The Bertz CT molecular complexity index is 779. The van der Waals surface area contributed by atoms with E-state index in [4.69, 9.17) is 21.1 Å². The molecule has 1 aliphatic rings. The average Bonchev–Trinajstić information content (AvgIpc) is 3.27. The molecule has 1 fully saturated rings. The first kappa shape index (κ1) is 21.9. The number of halogens is 1. The maximum atomic E-state index is 6.10. The summed E-state index contributed by atoms with van der Waals surface area (Å²) in [6.45, 7) is 7.40. The third-order valence-corrected chi connectivity index (χ3v) is 6.03. The predicted octanol–water partition coefficient (Wildman–Crippen LogP) is 3.54. The van der Waals surface area contributed by atoms with Crippen LogP contribution in [0.4, 0.5) is 0 Å². The Morgan fingerprint density at radius 2 is 2.14 bits per heavy atom. The Morgan fingerprint density at radius 1 is 1.31 bits per heavy atom. The number of rotatable bonds is 8. The van der Waals surface area contributed by atoms with Gasteiger partial charge in [0.1, 0.15) is 5.75 Å². The summed E-state index contributed by atoms with van der Waals surface area (Å²) in [6, 6.07) is 10.3. The van der Waals surface area contributed by atoms with E-state index in [0.717, 1.165) is 50.1 Å². The fourth-order valence-electron chi connectivity index (χ4n) is 3.34. The second-order valence-electron chi connectivity index (χ2n) is 6.67. The number of ether oxygens (including phenoxy) is 2. The Labute approximate surface area is 181 Å². The first-order chi connectivity index (χ1) is 14.2. The summed E-state index contributed by atoms with van der Waals surface area (Å²) >= 11 is 7.89. The van der Waals surface area contributed by atoms with Crippen LogP contribution in [0.15, 0.2) is 40.7 Å². The number of benzene rings is 1. The minimum Gasteiger partial charge on any atom is -0.493 e. The summed E-state index contributed by atoms with van der Waals surface area (Å²) in [5.41, 5.74) is 1.04. The van der Waals surface area contributed by atoms with Crippen molar-refractivity contribution in [3.8, 4) is 5.75 Å². The van der Waals surface area contributed by atoms with Crippen LogP contribution in [0.5, 0.6) is 5.75 Å². The molecule has 0 radical (unpaired) electrons. The highest BCUT2D eigenvalue weighted by Gasteiger charge is 2.23. The molecule has 1 aromatic carbocycles. The first-order valence-corrected chi connectivity index (χ1v) is 11.2. The number of hydrogen-bond donors (Lipinski definition) is 2. The van der Waals surface area contributed by atoms with Crippen molar-refractivity contribution in [1.82, 2.24) is 15.5 Å². The standard InChI is InChI=1S/C21H29ClN4O2S/c1-3-28-19-13-17(22)7-6-16(19)14-24-21(23-2)25-15-18(20-5-4-12-29-20)26-8-10-27-11-9-26/h4-7,12-13,18H,3,8-11,14-15H2,1-2H3,(H2,23,24,25). The van der Waals surface area contributed by atoms with Gasteiger partial charge in [0, 0.05) is 48.7 Å². The van der Waals surface area contributed by atoms with Gasteiger partial charge in [-0.1, -0.05) is 23.7 Å². The number of aliphatic imine (C=N–C) groups is 1. The summed E-state index contributed by atoms with van der Waals surface area (Å²) in [5, 5.41) is 9.67. The maximum Gasteiger partial charge on any atom is 0.191 e. The molecule has 0 aliphatic carbocycles. The van der Waals surface area contributed by atoms with Crippen molar-refractivity contribution in [2.75, 3.05) is 46.5 Å².